The molecule has 0 aliphatic heterocycles. The lowest BCUT2D eigenvalue weighted by Crippen LogP contribution is -2.11. The zero-order valence-electron chi connectivity index (χ0n) is 10.8. The average Bonchev–Trinajstić information content (AvgIpc) is 2.49. The number of hydrogen-bond donors (Lipinski definition) is 1. The van der Waals surface area contributed by atoms with Gasteiger partial charge in [-0.25, -0.2) is 14.0 Å². The molecule has 0 unspecified atom stereocenters. The molecule has 0 aliphatic carbocycles. The molecule has 0 heterocycles. The first kappa shape index (κ1) is 14.5. The number of rotatable bonds is 4. The second kappa shape index (κ2) is 6.47. The summed E-state index contributed by atoms with van der Waals surface area (Å²) in [6.45, 7) is 0. The number of halogens is 1. The van der Waals surface area contributed by atoms with Crippen molar-refractivity contribution >= 4 is 18.0 Å². The van der Waals surface area contributed by atoms with Gasteiger partial charge in [0.1, 0.15) is 5.82 Å². The van der Waals surface area contributed by atoms with Gasteiger partial charge in [-0.2, -0.15) is 0 Å². The van der Waals surface area contributed by atoms with E-state index in [4.69, 9.17) is 9.84 Å². The Hall–Kier alpha value is -2.95. The number of carboxylic acids is 1. The van der Waals surface area contributed by atoms with Crippen LogP contribution in [0, 0.1) is 5.82 Å². The van der Waals surface area contributed by atoms with Crippen LogP contribution < -0.4 is 0 Å². The van der Waals surface area contributed by atoms with Crippen LogP contribution in [-0.2, 0) is 9.53 Å². The highest BCUT2D eigenvalue weighted by molar-refractivity contribution is 5.97. The summed E-state index contributed by atoms with van der Waals surface area (Å²) in [7, 11) is 0. The van der Waals surface area contributed by atoms with Crippen molar-refractivity contribution in [3.8, 4) is 0 Å². The Bertz CT molecular complexity index is 675. The maximum Gasteiger partial charge on any atom is 0.371 e. The molecular formula is C16H11FO4. The SMILES string of the molecule is O=C(O)C(=Cc1ccc(F)cc1)OC(=O)c1ccccc1. The predicted octanol–water partition coefficient (Wildman–Crippen LogP) is 3.11. The molecule has 0 atom stereocenters. The molecule has 0 saturated heterocycles. The lowest BCUT2D eigenvalue weighted by atomic mass is 10.2. The van der Waals surface area contributed by atoms with Crippen molar-refractivity contribution < 1.29 is 23.8 Å². The van der Waals surface area contributed by atoms with Gasteiger partial charge >= 0.3 is 11.9 Å². The van der Waals surface area contributed by atoms with Gasteiger partial charge in [-0.15, -0.1) is 0 Å². The van der Waals surface area contributed by atoms with E-state index in [2.05, 4.69) is 0 Å². The van der Waals surface area contributed by atoms with E-state index in [1.807, 2.05) is 0 Å². The van der Waals surface area contributed by atoms with Gasteiger partial charge in [0.25, 0.3) is 0 Å². The highest BCUT2D eigenvalue weighted by atomic mass is 19.1. The Kier molecular flexibility index (Phi) is 4.46. The molecule has 4 nitrogen and oxygen atoms in total. The summed E-state index contributed by atoms with van der Waals surface area (Å²) in [6.07, 6.45) is 1.16. The van der Waals surface area contributed by atoms with Crippen LogP contribution in [0.4, 0.5) is 4.39 Å². The van der Waals surface area contributed by atoms with E-state index >= 15 is 0 Å². The number of carbonyl (C=O) groups is 2. The van der Waals surface area contributed by atoms with Gasteiger partial charge in [0.2, 0.25) is 5.76 Å². The number of carboxylic acid groups (broad SMARTS) is 1. The van der Waals surface area contributed by atoms with Crippen molar-refractivity contribution in [2.45, 2.75) is 0 Å². The molecule has 0 fully saturated rings. The highest BCUT2D eigenvalue weighted by Crippen LogP contribution is 2.12. The molecular weight excluding hydrogens is 275 g/mol. The Morgan fingerprint density at radius 3 is 2.19 bits per heavy atom. The van der Waals surface area contributed by atoms with Crippen LogP contribution in [0.15, 0.2) is 60.4 Å². The average molecular weight is 286 g/mol. The first-order valence-electron chi connectivity index (χ1n) is 6.04. The topological polar surface area (TPSA) is 63.6 Å². The third kappa shape index (κ3) is 4.01. The molecule has 2 rings (SSSR count). The molecule has 0 spiro atoms. The maximum absolute atomic E-state index is 12.8. The van der Waals surface area contributed by atoms with Crippen LogP contribution in [0.1, 0.15) is 15.9 Å². The van der Waals surface area contributed by atoms with E-state index < -0.39 is 23.5 Å². The summed E-state index contributed by atoms with van der Waals surface area (Å²) in [4.78, 5) is 22.9. The Labute approximate surface area is 120 Å². The number of aliphatic carboxylic acids is 1. The lowest BCUT2D eigenvalue weighted by molar-refractivity contribution is -0.135. The van der Waals surface area contributed by atoms with Gasteiger partial charge in [-0.3, -0.25) is 0 Å². The van der Waals surface area contributed by atoms with Gasteiger partial charge in [-0.1, -0.05) is 30.3 Å². The second-order valence-corrected chi connectivity index (χ2v) is 4.12. The number of carbonyl (C=O) groups excluding carboxylic acids is 1. The summed E-state index contributed by atoms with van der Waals surface area (Å²) in [5, 5.41) is 9.07. The summed E-state index contributed by atoms with van der Waals surface area (Å²) in [5.41, 5.74) is 0.651. The van der Waals surface area contributed by atoms with E-state index in [1.165, 1.54) is 36.4 Å². The fourth-order valence-corrected chi connectivity index (χ4v) is 1.58. The highest BCUT2D eigenvalue weighted by Gasteiger charge is 2.15. The fraction of sp³-hybridized carbons (Fsp3) is 0. The zero-order chi connectivity index (χ0) is 15.2. The molecule has 0 radical (unpaired) electrons. The molecule has 1 N–H and O–H groups in total. The normalized spacial score (nSPS) is 11.0. The van der Waals surface area contributed by atoms with Crippen LogP contribution >= 0.6 is 0 Å². The smallest absolute Gasteiger partial charge is 0.371 e. The first-order valence-corrected chi connectivity index (χ1v) is 6.04. The van der Waals surface area contributed by atoms with Crippen molar-refractivity contribution in [2.24, 2.45) is 0 Å². The van der Waals surface area contributed by atoms with E-state index in [-0.39, 0.29) is 5.56 Å². The largest absolute Gasteiger partial charge is 0.475 e. The van der Waals surface area contributed by atoms with Gasteiger partial charge < -0.3 is 9.84 Å². The Morgan fingerprint density at radius 2 is 1.62 bits per heavy atom. The fourth-order valence-electron chi connectivity index (χ4n) is 1.58. The summed E-state index contributed by atoms with van der Waals surface area (Å²) < 4.78 is 17.7. The molecule has 2 aromatic rings. The minimum atomic E-state index is -1.39. The summed E-state index contributed by atoms with van der Waals surface area (Å²) in [5.74, 6) is -3.13. The number of ether oxygens (including phenoxy) is 1. The first-order chi connectivity index (χ1) is 10.1. The molecule has 0 bridgehead atoms. The van der Waals surface area contributed by atoms with Gasteiger partial charge in [0.15, 0.2) is 0 Å². The van der Waals surface area contributed by atoms with Crippen LogP contribution in [0.2, 0.25) is 0 Å². The standard InChI is InChI=1S/C16H11FO4/c17-13-8-6-11(7-9-13)10-14(15(18)19)21-16(20)12-4-2-1-3-5-12/h1-10H,(H,18,19). The van der Waals surface area contributed by atoms with Crippen LogP contribution in [-0.4, -0.2) is 17.0 Å². The molecule has 0 aromatic heterocycles. The molecule has 0 amide bonds. The van der Waals surface area contributed by atoms with E-state index in [9.17, 15) is 14.0 Å². The number of esters is 1. The monoisotopic (exact) mass is 286 g/mol. The number of hydrogen-bond acceptors (Lipinski definition) is 3. The van der Waals surface area contributed by atoms with Gasteiger partial charge in [0, 0.05) is 0 Å². The molecule has 21 heavy (non-hydrogen) atoms. The number of benzene rings is 2. The minimum absolute atomic E-state index is 0.240. The van der Waals surface area contributed by atoms with E-state index in [0.29, 0.717) is 5.56 Å². The van der Waals surface area contributed by atoms with Crippen LogP contribution in [0.3, 0.4) is 0 Å². The minimum Gasteiger partial charge on any atom is -0.475 e. The molecule has 5 heteroatoms. The van der Waals surface area contributed by atoms with Gasteiger partial charge in [0.05, 0.1) is 5.56 Å². The summed E-state index contributed by atoms with van der Waals surface area (Å²) >= 11 is 0. The van der Waals surface area contributed by atoms with Crippen LogP contribution in [0.5, 0.6) is 0 Å². The van der Waals surface area contributed by atoms with Crippen molar-refractivity contribution in [2.75, 3.05) is 0 Å². The van der Waals surface area contributed by atoms with E-state index in [1.54, 1.807) is 18.2 Å². The summed E-state index contributed by atoms with van der Waals surface area (Å²) in [6, 6.07) is 13.2. The molecule has 0 aliphatic rings. The van der Waals surface area contributed by atoms with Crippen molar-refractivity contribution in [1.82, 2.24) is 0 Å². The third-order valence-corrected chi connectivity index (χ3v) is 2.59. The van der Waals surface area contributed by atoms with Crippen molar-refractivity contribution in [3.63, 3.8) is 0 Å². The van der Waals surface area contributed by atoms with Crippen molar-refractivity contribution in [3.05, 3.63) is 77.3 Å². The van der Waals surface area contributed by atoms with E-state index in [0.717, 1.165) is 6.08 Å². The molecule has 106 valence electrons. The zero-order valence-corrected chi connectivity index (χ0v) is 10.8. The van der Waals surface area contributed by atoms with Crippen LogP contribution in [0.25, 0.3) is 6.08 Å². The lowest BCUT2D eigenvalue weighted by Gasteiger charge is -2.05. The third-order valence-electron chi connectivity index (χ3n) is 2.59. The predicted molar refractivity (Wildman–Crippen MR) is 73.9 cm³/mol. The maximum atomic E-state index is 12.8. The Morgan fingerprint density at radius 1 is 1.00 bits per heavy atom. The van der Waals surface area contributed by atoms with Gasteiger partial charge in [-0.05, 0) is 35.9 Å². The molecule has 0 saturated carbocycles. The van der Waals surface area contributed by atoms with Crippen molar-refractivity contribution in [1.29, 1.82) is 0 Å². The molecule has 2 aromatic carbocycles. The Balaban J connectivity index is 2.22. The second-order valence-electron chi connectivity index (χ2n) is 4.12. The quantitative estimate of drug-likeness (QED) is 0.533.